The molecule has 9 heavy (non-hydrogen) atoms. The summed E-state index contributed by atoms with van der Waals surface area (Å²) < 4.78 is 5.40. The number of ether oxygens (including phenoxy) is 1. The number of hydrogen-bond donors (Lipinski definition) is 0. The minimum atomic E-state index is 0.634. The van der Waals surface area contributed by atoms with Crippen molar-refractivity contribution in [3.8, 4) is 0 Å². The first kappa shape index (κ1) is 5.48. The van der Waals surface area contributed by atoms with E-state index in [1.165, 1.54) is 25.7 Å². The zero-order valence-electron chi connectivity index (χ0n) is 5.55. The van der Waals surface area contributed by atoms with Crippen molar-refractivity contribution in [2.75, 3.05) is 0 Å². The van der Waals surface area contributed by atoms with Gasteiger partial charge in [-0.25, -0.2) is 0 Å². The highest BCUT2D eigenvalue weighted by atomic mass is 16.6. The number of hydrogen-bond acceptors (Lipinski definition) is 1. The highest BCUT2D eigenvalue weighted by Gasteiger charge is 2.37. The lowest BCUT2D eigenvalue weighted by Crippen LogP contribution is -1.94. The first-order chi connectivity index (χ1) is 4.47. The molecule has 2 aliphatic rings. The molecule has 2 atom stereocenters. The zero-order valence-corrected chi connectivity index (χ0v) is 5.55. The molecule has 1 saturated heterocycles. The van der Waals surface area contributed by atoms with Gasteiger partial charge in [0.1, 0.15) is 0 Å². The molecule has 1 heterocycles. The van der Waals surface area contributed by atoms with E-state index in [1.807, 2.05) is 0 Å². The predicted octanol–water partition coefficient (Wildman–Crippen LogP) is 1.88. The molecule has 0 radical (unpaired) electrons. The summed E-state index contributed by atoms with van der Waals surface area (Å²) in [6.45, 7) is 0. The summed E-state index contributed by atoms with van der Waals surface area (Å²) in [7, 11) is 0. The highest BCUT2D eigenvalue weighted by Crippen LogP contribution is 2.31. The summed E-state index contributed by atoms with van der Waals surface area (Å²) in [5, 5.41) is 0. The molecular weight excluding hydrogens is 112 g/mol. The van der Waals surface area contributed by atoms with Gasteiger partial charge in [0.15, 0.2) is 0 Å². The van der Waals surface area contributed by atoms with Crippen molar-refractivity contribution in [3.63, 3.8) is 0 Å². The van der Waals surface area contributed by atoms with E-state index in [0.29, 0.717) is 12.2 Å². The van der Waals surface area contributed by atoms with Gasteiger partial charge in [-0.1, -0.05) is 12.2 Å². The molecular formula is C8H12O. The smallest absolute Gasteiger partial charge is 0.0845 e. The Morgan fingerprint density at radius 2 is 1.56 bits per heavy atom. The minimum Gasteiger partial charge on any atom is -0.370 e. The van der Waals surface area contributed by atoms with Crippen LogP contribution in [0.4, 0.5) is 0 Å². The Morgan fingerprint density at radius 1 is 1.00 bits per heavy atom. The Labute approximate surface area is 55.7 Å². The summed E-state index contributed by atoms with van der Waals surface area (Å²) in [6.07, 6.45) is 10.8. The van der Waals surface area contributed by atoms with Crippen LogP contribution in [0.15, 0.2) is 12.2 Å². The van der Waals surface area contributed by atoms with E-state index in [1.54, 1.807) is 0 Å². The normalized spacial score (nSPS) is 40.9. The van der Waals surface area contributed by atoms with Gasteiger partial charge in [-0.3, -0.25) is 0 Å². The molecule has 0 aromatic heterocycles. The Kier molecular flexibility index (Phi) is 1.31. The van der Waals surface area contributed by atoms with Crippen molar-refractivity contribution in [3.05, 3.63) is 12.2 Å². The van der Waals surface area contributed by atoms with Crippen molar-refractivity contribution in [1.29, 1.82) is 0 Å². The van der Waals surface area contributed by atoms with E-state index in [9.17, 15) is 0 Å². The summed E-state index contributed by atoms with van der Waals surface area (Å²) in [6, 6.07) is 0. The molecule has 0 bridgehead atoms. The number of epoxide rings is 1. The third-order valence-electron chi connectivity index (χ3n) is 2.09. The fraction of sp³-hybridized carbons (Fsp3) is 0.750. The van der Waals surface area contributed by atoms with Crippen molar-refractivity contribution in [1.82, 2.24) is 0 Å². The van der Waals surface area contributed by atoms with Gasteiger partial charge in [-0.2, -0.15) is 0 Å². The average Bonchev–Trinajstić information content (AvgIpc) is 2.46. The van der Waals surface area contributed by atoms with Crippen LogP contribution in [0.25, 0.3) is 0 Å². The second kappa shape index (κ2) is 2.14. The van der Waals surface area contributed by atoms with Crippen LogP contribution in [-0.4, -0.2) is 12.2 Å². The molecule has 0 amide bonds. The summed E-state index contributed by atoms with van der Waals surface area (Å²) in [4.78, 5) is 0. The Hall–Kier alpha value is -0.300. The monoisotopic (exact) mass is 124 g/mol. The van der Waals surface area contributed by atoms with Crippen LogP contribution < -0.4 is 0 Å². The van der Waals surface area contributed by atoms with Gasteiger partial charge < -0.3 is 4.74 Å². The maximum Gasteiger partial charge on any atom is 0.0845 e. The average molecular weight is 124 g/mol. The van der Waals surface area contributed by atoms with Crippen LogP contribution in [0.2, 0.25) is 0 Å². The summed E-state index contributed by atoms with van der Waals surface area (Å²) in [5.74, 6) is 0. The van der Waals surface area contributed by atoms with Gasteiger partial charge in [-0.15, -0.1) is 0 Å². The molecule has 50 valence electrons. The third-order valence-corrected chi connectivity index (χ3v) is 2.09. The molecule has 0 aromatic carbocycles. The topological polar surface area (TPSA) is 12.5 Å². The van der Waals surface area contributed by atoms with Crippen LogP contribution in [-0.2, 0) is 4.74 Å². The minimum absolute atomic E-state index is 0.634. The molecule has 1 heteroatoms. The van der Waals surface area contributed by atoms with Crippen molar-refractivity contribution in [2.24, 2.45) is 0 Å². The van der Waals surface area contributed by atoms with Crippen LogP contribution in [0.3, 0.4) is 0 Å². The fourth-order valence-corrected chi connectivity index (χ4v) is 1.44. The fourth-order valence-electron chi connectivity index (χ4n) is 1.44. The number of fused-ring (bicyclic) bond motifs is 1. The number of rotatable bonds is 0. The molecule has 0 spiro atoms. The molecule has 2 rings (SSSR count). The molecule has 0 unspecified atom stereocenters. The van der Waals surface area contributed by atoms with Crippen molar-refractivity contribution < 1.29 is 4.74 Å². The molecule has 1 aliphatic heterocycles. The molecule has 0 N–H and O–H groups in total. The largest absolute Gasteiger partial charge is 0.370 e. The second-order valence-corrected chi connectivity index (χ2v) is 2.84. The van der Waals surface area contributed by atoms with E-state index >= 15 is 0 Å². The lowest BCUT2D eigenvalue weighted by Gasteiger charge is -1.95. The Balaban J connectivity index is 1.91. The zero-order chi connectivity index (χ0) is 6.10. The molecule has 1 aliphatic carbocycles. The van der Waals surface area contributed by atoms with Crippen molar-refractivity contribution in [2.45, 2.75) is 37.9 Å². The highest BCUT2D eigenvalue weighted by molar-refractivity contribution is 4.94. The first-order valence-electron chi connectivity index (χ1n) is 3.77. The first-order valence-corrected chi connectivity index (χ1v) is 3.77. The third kappa shape index (κ3) is 1.16. The SMILES string of the molecule is C1=CCC[C@@H]2O[C@H]2CC1. The van der Waals surface area contributed by atoms with E-state index in [-0.39, 0.29) is 0 Å². The lowest BCUT2D eigenvalue weighted by atomic mass is 10.1. The summed E-state index contributed by atoms with van der Waals surface area (Å²) in [5.41, 5.74) is 0. The maximum absolute atomic E-state index is 5.40. The van der Waals surface area contributed by atoms with E-state index < -0.39 is 0 Å². The predicted molar refractivity (Wildman–Crippen MR) is 36.3 cm³/mol. The standard InChI is InChI=1S/C8H12O/c1-2-4-6-8-7(9-8)5-3-1/h1-2,7-8H,3-6H2/t7-,8-/m0/s1. The van der Waals surface area contributed by atoms with Crippen LogP contribution in [0.5, 0.6) is 0 Å². The molecule has 0 saturated carbocycles. The lowest BCUT2D eigenvalue weighted by molar-refractivity contribution is 0.359. The Bertz CT molecular complexity index is 115. The second-order valence-electron chi connectivity index (χ2n) is 2.84. The van der Waals surface area contributed by atoms with Gasteiger partial charge in [0.05, 0.1) is 12.2 Å². The molecule has 1 nitrogen and oxygen atoms in total. The van der Waals surface area contributed by atoms with Gasteiger partial charge in [0, 0.05) is 0 Å². The quantitative estimate of drug-likeness (QED) is 0.355. The number of allylic oxidation sites excluding steroid dienone is 2. The van der Waals surface area contributed by atoms with E-state index in [4.69, 9.17) is 4.74 Å². The summed E-state index contributed by atoms with van der Waals surface area (Å²) >= 11 is 0. The van der Waals surface area contributed by atoms with Gasteiger partial charge in [0.25, 0.3) is 0 Å². The van der Waals surface area contributed by atoms with Crippen LogP contribution >= 0.6 is 0 Å². The molecule has 1 fully saturated rings. The molecule has 0 aromatic rings. The van der Waals surface area contributed by atoms with Gasteiger partial charge in [-0.05, 0) is 25.7 Å². The van der Waals surface area contributed by atoms with Crippen LogP contribution in [0.1, 0.15) is 25.7 Å². The maximum atomic E-state index is 5.40. The van der Waals surface area contributed by atoms with Gasteiger partial charge >= 0.3 is 0 Å². The van der Waals surface area contributed by atoms with Crippen molar-refractivity contribution >= 4 is 0 Å². The van der Waals surface area contributed by atoms with E-state index in [0.717, 1.165) is 0 Å². The van der Waals surface area contributed by atoms with E-state index in [2.05, 4.69) is 12.2 Å². The van der Waals surface area contributed by atoms with Crippen LogP contribution in [0, 0.1) is 0 Å². The van der Waals surface area contributed by atoms with Gasteiger partial charge in [0.2, 0.25) is 0 Å². The Morgan fingerprint density at radius 3 is 2.11 bits per heavy atom.